The number of amides is 1. The van der Waals surface area contributed by atoms with E-state index < -0.39 is 20.0 Å². The monoisotopic (exact) mass is 535 g/mol. The van der Waals surface area contributed by atoms with Crippen molar-refractivity contribution in [1.82, 2.24) is 13.9 Å². The van der Waals surface area contributed by atoms with E-state index in [1.165, 1.54) is 14.7 Å². The van der Waals surface area contributed by atoms with Crippen molar-refractivity contribution in [3.05, 3.63) is 53.6 Å². The number of nitrogens with zero attached hydrogens (tertiary/aromatic N) is 2. The lowest BCUT2D eigenvalue weighted by molar-refractivity contribution is -0.123. The molecule has 2 heterocycles. The second kappa shape index (κ2) is 11.3. The second-order valence-electron chi connectivity index (χ2n) is 9.18. The van der Waals surface area contributed by atoms with E-state index in [1.807, 2.05) is 0 Å². The van der Waals surface area contributed by atoms with Crippen molar-refractivity contribution in [2.24, 2.45) is 0 Å². The minimum atomic E-state index is -3.50. The Morgan fingerprint density at radius 2 is 1.36 bits per heavy atom. The third kappa shape index (κ3) is 6.08. The lowest BCUT2D eigenvalue weighted by Gasteiger charge is -2.17. The SMILES string of the molecule is Cc1cc(S(=O)(=O)N2CCCC2)ccc1OCC(=O)NCCc1ccc(S(=O)(=O)N2CCCC2)cc1. The minimum Gasteiger partial charge on any atom is -0.484 e. The molecule has 0 saturated carbocycles. The van der Waals surface area contributed by atoms with Crippen LogP contribution in [0.5, 0.6) is 5.75 Å². The third-order valence-corrected chi connectivity index (χ3v) is 10.4. The van der Waals surface area contributed by atoms with Crippen molar-refractivity contribution < 1.29 is 26.4 Å². The van der Waals surface area contributed by atoms with Gasteiger partial charge in [-0.1, -0.05) is 12.1 Å². The molecule has 2 aliphatic rings. The van der Waals surface area contributed by atoms with Crippen LogP contribution in [0, 0.1) is 6.92 Å². The molecular formula is C25H33N3O6S2. The van der Waals surface area contributed by atoms with Crippen molar-refractivity contribution in [3.8, 4) is 5.75 Å². The van der Waals surface area contributed by atoms with E-state index in [4.69, 9.17) is 4.74 Å². The first-order chi connectivity index (χ1) is 17.2. The Kier molecular flexibility index (Phi) is 8.34. The van der Waals surface area contributed by atoms with Gasteiger partial charge in [0.1, 0.15) is 5.75 Å². The molecule has 196 valence electrons. The van der Waals surface area contributed by atoms with Crippen LogP contribution in [0.3, 0.4) is 0 Å². The zero-order chi connectivity index (χ0) is 25.8. The summed E-state index contributed by atoms with van der Waals surface area (Å²) in [6.45, 7) is 4.17. The molecule has 0 bridgehead atoms. The number of sulfonamides is 2. The van der Waals surface area contributed by atoms with E-state index in [0.717, 1.165) is 31.2 Å². The number of carbonyl (C=O) groups is 1. The largest absolute Gasteiger partial charge is 0.484 e. The van der Waals surface area contributed by atoms with Crippen molar-refractivity contribution in [3.63, 3.8) is 0 Å². The summed E-state index contributed by atoms with van der Waals surface area (Å²) in [6, 6.07) is 11.5. The average molecular weight is 536 g/mol. The Labute approximate surface area is 213 Å². The van der Waals surface area contributed by atoms with E-state index in [9.17, 15) is 21.6 Å². The molecule has 0 radical (unpaired) electrons. The zero-order valence-corrected chi connectivity index (χ0v) is 22.1. The number of hydrogen-bond acceptors (Lipinski definition) is 6. The summed E-state index contributed by atoms with van der Waals surface area (Å²) in [5.41, 5.74) is 1.56. The molecule has 4 rings (SSSR count). The van der Waals surface area contributed by atoms with Crippen LogP contribution in [0.1, 0.15) is 36.8 Å². The van der Waals surface area contributed by atoms with Gasteiger partial charge in [0.25, 0.3) is 5.91 Å². The second-order valence-corrected chi connectivity index (χ2v) is 13.1. The molecule has 2 fully saturated rings. The predicted molar refractivity (Wildman–Crippen MR) is 136 cm³/mol. The highest BCUT2D eigenvalue weighted by Crippen LogP contribution is 2.26. The van der Waals surface area contributed by atoms with Crippen LogP contribution in [0.2, 0.25) is 0 Å². The Balaban J connectivity index is 1.24. The molecule has 9 nitrogen and oxygen atoms in total. The van der Waals surface area contributed by atoms with Crippen LogP contribution in [0.4, 0.5) is 0 Å². The molecule has 0 aromatic heterocycles. The maximum absolute atomic E-state index is 12.7. The van der Waals surface area contributed by atoms with Gasteiger partial charge < -0.3 is 10.1 Å². The Bertz CT molecular complexity index is 1280. The highest BCUT2D eigenvalue weighted by atomic mass is 32.2. The predicted octanol–water partition coefficient (Wildman–Crippen LogP) is 2.30. The quantitative estimate of drug-likeness (QED) is 0.500. The van der Waals surface area contributed by atoms with E-state index in [2.05, 4.69) is 5.32 Å². The van der Waals surface area contributed by atoms with Gasteiger partial charge in [-0.25, -0.2) is 16.8 Å². The molecule has 0 aliphatic carbocycles. The number of nitrogens with one attached hydrogen (secondary N) is 1. The number of aryl methyl sites for hydroxylation is 1. The Hall–Kier alpha value is -2.47. The number of carbonyl (C=O) groups excluding carboxylic acids is 1. The first kappa shape index (κ1) is 26.6. The summed E-state index contributed by atoms with van der Waals surface area (Å²) < 4.78 is 59.3. The van der Waals surface area contributed by atoms with E-state index in [0.29, 0.717) is 55.4 Å². The van der Waals surface area contributed by atoms with Gasteiger partial charge >= 0.3 is 0 Å². The van der Waals surface area contributed by atoms with Crippen molar-refractivity contribution in [2.45, 2.75) is 48.8 Å². The minimum absolute atomic E-state index is 0.188. The number of ether oxygens (including phenoxy) is 1. The van der Waals surface area contributed by atoms with Crippen molar-refractivity contribution >= 4 is 26.0 Å². The summed E-state index contributed by atoms with van der Waals surface area (Å²) in [7, 11) is -6.93. The van der Waals surface area contributed by atoms with Crippen LogP contribution in [0.25, 0.3) is 0 Å². The lowest BCUT2D eigenvalue weighted by Crippen LogP contribution is -2.30. The molecular weight excluding hydrogens is 502 g/mol. The Morgan fingerprint density at radius 1 is 0.833 bits per heavy atom. The molecule has 36 heavy (non-hydrogen) atoms. The van der Waals surface area contributed by atoms with Gasteiger partial charge in [0.2, 0.25) is 20.0 Å². The zero-order valence-electron chi connectivity index (χ0n) is 20.5. The fraction of sp³-hybridized carbons (Fsp3) is 0.480. The highest BCUT2D eigenvalue weighted by Gasteiger charge is 2.28. The molecule has 0 spiro atoms. The molecule has 2 aliphatic heterocycles. The first-order valence-corrected chi connectivity index (χ1v) is 15.2. The molecule has 1 N–H and O–H groups in total. The van der Waals surface area contributed by atoms with Crippen LogP contribution in [-0.2, 0) is 31.3 Å². The maximum atomic E-state index is 12.7. The standard InChI is InChI=1S/C25H33N3O6S2/c1-20-18-23(36(32,33)28-16-4-5-17-28)10-11-24(20)34-19-25(29)26-13-12-21-6-8-22(9-7-21)35(30,31)27-14-2-3-15-27/h6-11,18H,2-5,12-17,19H2,1H3,(H,26,29). The summed E-state index contributed by atoms with van der Waals surface area (Å²) in [5.74, 6) is 0.164. The smallest absolute Gasteiger partial charge is 0.257 e. The fourth-order valence-corrected chi connectivity index (χ4v) is 7.59. The average Bonchev–Trinajstić information content (AvgIpc) is 3.59. The third-order valence-electron chi connectivity index (χ3n) is 6.57. The van der Waals surface area contributed by atoms with Gasteiger partial charge in [0.15, 0.2) is 6.61 Å². The molecule has 11 heteroatoms. The summed E-state index contributed by atoms with van der Waals surface area (Å²) in [5, 5.41) is 2.79. The lowest BCUT2D eigenvalue weighted by atomic mass is 10.1. The van der Waals surface area contributed by atoms with E-state index >= 15 is 0 Å². The highest BCUT2D eigenvalue weighted by molar-refractivity contribution is 7.89. The number of benzene rings is 2. The normalized spacial score (nSPS) is 17.4. The van der Waals surface area contributed by atoms with Gasteiger partial charge in [-0.15, -0.1) is 0 Å². The molecule has 2 aromatic rings. The van der Waals surface area contributed by atoms with Crippen LogP contribution in [0.15, 0.2) is 52.3 Å². The van der Waals surface area contributed by atoms with Crippen LogP contribution in [-0.4, -0.2) is 70.7 Å². The molecule has 2 aromatic carbocycles. The maximum Gasteiger partial charge on any atom is 0.257 e. The van der Waals surface area contributed by atoms with Crippen molar-refractivity contribution in [1.29, 1.82) is 0 Å². The van der Waals surface area contributed by atoms with Gasteiger partial charge in [0, 0.05) is 32.7 Å². The molecule has 1 amide bonds. The van der Waals surface area contributed by atoms with Gasteiger partial charge in [-0.05, 0) is 80.5 Å². The Morgan fingerprint density at radius 3 is 1.92 bits per heavy atom. The first-order valence-electron chi connectivity index (χ1n) is 12.3. The molecule has 2 saturated heterocycles. The fourth-order valence-electron chi connectivity index (χ4n) is 4.47. The summed E-state index contributed by atoms with van der Waals surface area (Å²) >= 11 is 0. The summed E-state index contributed by atoms with van der Waals surface area (Å²) in [6.07, 6.45) is 4.09. The van der Waals surface area contributed by atoms with E-state index in [1.54, 1.807) is 43.3 Å². The van der Waals surface area contributed by atoms with Crippen LogP contribution < -0.4 is 10.1 Å². The van der Waals surface area contributed by atoms with Gasteiger partial charge in [-0.2, -0.15) is 8.61 Å². The van der Waals surface area contributed by atoms with Crippen molar-refractivity contribution in [2.75, 3.05) is 39.3 Å². The van der Waals surface area contributed by atoms with Crippen LogP contribution >= 0.6 is 0 Å². The number of rotatable bonds is 10. The number of hydrogen-bond donors (Lipinski definition) is 1. The van der Waals surface area contributed by atoms with E-state index in [-0.39, 0.29) is 17.4 Å². The van der Waals surface area contributed by atoms with Gasteiger partial charge in [-0.3, -0.25) is 4.79 Å². The molecule has 0 atom stereocenters. The van der Waals surface area contributed by atoms with Gasteiger partial charge in [0.05, 0.1) is 9.79 Å². The topological polar surface area (TPSA) is 113 Å². The molecule has 0 unspecified atom stereocenters. The summed E-state index contributed by atoms with van der Waals surface area (Å²) in [4.78, 5) is 12.8.